The number of rotatable bonds is 10. The van der Waals surface area contributed by atoms with Crippen LogP contribution in [0.1, 0.15) is 49.3 Å². The van der Waals surface area contributed by atoms with Gasteiger partial charge in [0.05, 0.1) is 35.7 Å². The summed E-state index contributed by atoms with van der Waals surface area (Å²) >= 11 is 0. The fourth-order valence-electron chi connectivity index (χ4n) is 4.44. The standard InChI is InChI=1S/C28H26F3N3O5/c1-2-7-21-23(11-10-20-22(28(29,30)31)15-25(36)39-26(20)21)38-13-5-3-4-12-33-24(35)17-34(27(33)37)19-9-6-8-18(14-19)16-32/h6,8-11,14-15,17,35H,2-5,7,12-13H2,1H3. The molecule has 2 heterocycles. The third-order valence-corrected chi connectivity index (χ3v) is 6.27. The number of hydrogen-bond donors (Lipinski definition) is 1. The second kappa shape index (κ2) is 11.5. The van der Waals surface area contributed by atoms with Gasteiger partial charge in [-0.25, -0.2) is 9.59 Å². The smallest absolute Gasteiger partial charge is 0.417 e. The van der Waals surface area contributed by atoms with E-state index in [4.69, 9.17) is 14.4 Å². The molecule has 2 aromatic carbocycles. The van der Waals surface area contributed by atoms with Crippen molar-refractivity contribution in [3.8, 4) is 23.4 Å². The summed E-state index contributed by atoms with van der Waals surface area (Å²) in [5.74, 6) is 0.163. The van der Waals surface area contributed by atoms with Crippen LogP contribution >= 0.6 is 0 Å². The van der Waals surface area contributed by atoms with Gasteiger partial charge in [0.1, 0.15) is 11.3 Å². The van der Waals surface area contributed by atoms with Crippen LogP contribution in [-0.4, -0.2) is 20.8 Å². The third kappa shape index (κ3) is 6.00. The number of halogens is 3. The molecule has 0 aliphatic rings. The summed E-state index contributed by atoms with van der Waals surface area (Å²) in [6.07, 6.45) is -0.636. The molecule has 2 aromatic heterocycles. The number of unbranched alkanes of at least 4 members (excludes halogenated alkanes) is 2. The van der Waals surface area contributed by atoms with Crippen molar-refractivity contribution in [3.05, 3.63) is 86.3 Å². The highest BCUT2D eigenvalue weighted by Gasteiger charge is 2.34. The van der Waals surface area contributed by atoms with E-state index in [0.717, 1.165) is 0 Å². The van der Waals surface area contributed by atoms with Gasteiger partial charge in [0.2, 0.25) is 5.88 Å². The van der Waals surface area contributed by atoms with Crippen LogP contribution in [-0.2, 0) is 19.1 Å². The number of fused-ring (bicyclic) bond motifs is 1. The largest absolute Gasteiger partial charge is 0.493 e. The monoisotopic (exact) mass is 541 g/mol. The zero-order chi connectivity index (χ0) is 28.2. The van der Waals surface area contributed by atoms with E-state index in [2.05, 4.69) is 0 Å². The van der Waals surface area contributed by atoms with E-state index in [1.54, 1.807) is 24.3 Å². The second-order valence-corrected chi connectivity index (χ2v) is 9.01. The maximum absolute atomic E-state index is 13.5. The fourth-order valence-corrected chi connectivity index (χ4v) is 4.44. The molecule has 1 N–H and O–H groups in total. The van der Waals surface area contributed by atoms with E-state index in [-0.39, 0.29) is 30.0 Å². The van der Waals surface area contributed by atoms with Crippen molar-refractivity contribution in [2.75, 3.05) is 6.61 Å². The predicted octanol–water partition coefficient (Wildman–Crippen LogP) is 5.54. The Balaban J connectivity index is 1.40. The molecular formula is C28H26F3N3O5. The number of aryl methyl sites for hydroxylation is 1. The van der Waals surface area contributed by atoms with E-state index in [0.29, 0.717) is 60.7 Å². The molecule has 0 radical (unpaired) electrons. The first kappa shape index (κ1) is 27.6. The number of aromatic hydroxyl groups is 1. The molecule has 0 aliphatic carbocycles. The summed E-state index contributed by atoms with van der Waals surface area (Å²) in [7, 11) is 0. The number of aromatic nitrogens is 2. The molecule has 0 saturated heterocycles. The summed E-state index contributed by atoms with van der Waals surface area (Å²) in [6.45, 7) is 2.38. The zero-order valence-corrected chi connectivity index (χ0v) is 21.1. The van der Waals surface area contributed by atoms with Crippen molar-refractivity contribution in [2.24, 2.45) is 0 Å². The van der Waals surface area contributed by atoms with Gasteiger partial charge < -0.3 is 14.3 Å². The number of nitrogens with zero attached hydrogens (tertiary/aromatic N) is 3. The van der Waals surface area contributed by atoms with Crippen LogP contribution in [0, 0.1) is 11.3 Å². The minimum atomic E-state index is -4.70. The lowest BCUT2D eigenvalue weighted by molar-refractivity contribution is -0.136. The molecule has 0 atom stereocenters. The molecular weight excluding hydrogens is 515 g/mol. The van der Waals surface area contributed by atoms with Crippen molar-refractivity contribution in [1.82, 2.24) is 9.13 Å². The van der Waals surface area contributed by atoms with Crippen molar-refractivity contribution in [1.29, 1.82) is 5.26 Å². The molecule has 0 unspecified atom stereocenters. The molecule has 11 heteroatoms. The van der Waals surface area contributed by atoms with Crippen molar-refractivity contribution in [2.45, 2.75) is 51.7 Å². The maximum Gasteiger partial charge on any atom is 0.417 e. The summed E-state index contributed by atoms with van der Waals surface area (Å²) in [4.78, 5) is 24.6. The number of nitriles is 1. The SMILES string of the molecule is CCCc1c(OCCCCCn2c(O)cn(-c3cccc(C#N)c3)c2=O)ccc2c(C(F)(F)F)cc(=O)oc12. The van der Waals surface area contributed by atoms with Crippen molar-refractivity contribution < 1.29 is 27.4 Å². The molecule has 39 heavy (non-hydrogen) atoms. The van der Waals surface area contributed by atoms with Gasteiger partial charge in [-0.15, -0.1) is 0 Å². The first-order valence-corrected chi connectivity index (χ1v) is 12.5. The van der Waals surface area contributed by atoms with Crippen molar-refractivity contribution in [3.63, 3.8) is 0 Å². The maximum atomic E-state index is 13.5. The highest BCUT2D eigenvalue weighted by Crippen LogP contribution is 2.37. The Morgan fingerprint density at radius 3 is 2.62 bits per heavy atom. The highest BCUT2D eigenvalue weighted by molar-refractivity contribution is 5.85. The zero-order valence-electron chi connectivity index (χ0n) is 21.1. The molecule has 0 saturated carbocycles. The molecule has 8 nitrogen and oxygen atoms in total. The highest BCUT2D eigenvalue weighted by atomic mass is 19.4. The lowest BCUT2D eigenvalue weighted by Crippen LogP contribution is -2.23. The van der Waals surface area contributed by atoms with Gasteiger partial charge in [0.25, 0.3) is 0 Å². The Morgan fingerprint density at radius 1 is 1.10 bits per heavy atom. The van der Waals surface area contributed by atoms with Crippen LogP contribution in [0.5, 0.6) is 11.6 Å². The predicted molar refractivity (Wildman–Crippen MR) is 137 cm³/mol. The fraction of sp³-hybridized carbons (Fsp3) is 0.321. The minimum absolute atomic E-state index is 0.117. The van der Waals surface area contributed by atoms with Gasteiger partial charge in [0, 0.05) is 23.6 Å². The number of hydrogen-bond acceptors (Lipinski definition) is 6. The van der Waals surface area contributed by atoms with Gasteiger partial charge in [0.15, 0.2) is 0 Å². The first-order valence-electron chi connectivity index (χ1n) is 12.5. The molecule has 4 aromatic rings. The number of benzene rings is 2. The topological polar surface area (TPSA) is 110 Å². The summed E-state index contributed by atoms with van der Waals surface area (Å²) in [5.41, 5.74) is -1.39. The van der Waals surface area contributed by atoms with Crippen LogP contribution in [0.3, 0.4) is 0 Å². The van der Waals surface area contributed by atoms with Crippen LogP contribution < -0.4 is 16.1 Å². The Morgan fingerprint density at radius 2 is 1.90 bits per heavy atom. The molecule has 0 amide bonds. The van der Waals surface area contributed by atoms with Crippen molar-refractivity contribution >= 4 is 11.0 Å². The molecule has 0 aliphatic heterocycles. The average molecular weight is 542 g/mol. The van der Waals surface area contributed by atoms with Gasteiger partial charge >= 0.3 is 17.5 Å². The van der Waals surface area contributed by atoms with E-state index < -0.39 is 23.1 Å². The number of imidazole rings is 1. The molecule has 0 spiro atoms. The number of ether oxygens (including phenoxy) is 1. The molecule has 0 bridgehead atoms. The normalized spacial score (nSPS) is 11.6. The second-order valence-electron chi connectivity index (χ2n) is 9.01. The van der Waals surface area contributed by atoms with E-state index >= 15 is 0 Å². The van der Waals surface area contributed by atoms with Crippen LogP contribution in [0.15, 0.2) is 62.7 Å². The first-order chi connectivity index (χ1) is 18.6. The average Bonchev–Trinajstić information content (AvgIpc) is 3.19. The van der Waals surface area contributed by atoms with Gasteiger partial charge in [-0.3, -0.25) is 9.13 Å². The minimum Gasteiger partial charge on any atom is -0.493 e. The summed E-state index contributed by atoms with van der Waals surface area (Å²) in [5, 5.41) is 19.2. The lowest BCUT2D eigenvalue weighted by Gasteiger charge is -2.15. The number of alkyl halides is 3. The van der Waals surface area contributed by atoms with Gasteiger partial charge in [-0.2, -0.15) is 18.4 Å². The van der Waals surface area contributed by atoms with Crippen LogP contribution in [0.2, 0.25) is 0 Å². The van der Waals surface area contributed by atoms with E-state index in [1.807, 2.05) is 13.0 Å². The van der Waals surface area contributed by atoms with Gasteiger partial charge in [-0.1, -0.05) is 19.4 Å². The Bertz CT molecular complexity index is 1640. The van der Waals surface area contributed by atoms with Crippen LogP contribution in [0.4, 0.5) is 13.2 Å². The van der Waals surface area contributed by atoms with E-state index in [1.165, 1.54) is 27.5 Å². The van der Waals surface area contributed by atoms with E-state index in [9.17, 15) is 27.9 Å². The molecule has 204 valence electrons. The Kier molecular flexibility index (Phi) is 8.14. The molecule has 0 fully saturated rings. The van der Waals surface area contributed by atoms with Crippen LogP contribution in [0.25, 0.3) is 16.7 Å². The molecule has 4 rings (SSSR count). The van der Waals surface area contributed by atoms with Gasteiger partial charge in [-0.05, 0) is 56.0 Å². The lowest BCUT2D eigenvalue weighted by atomic mass is 10.0. The Labute approximate surface area is 221 Å². The Hall–Kier alpha value is -4.46. The quantitative estimate of drug-likeness (QED) is 0.208. The third-order valence-electron chi connectivity index (χ3n) is 6.27. The summed E-state index contributed by atoms with van der Waals surface area (Å²) in [6, 6.07) is 11.7. The summed E-state index contributed by atoms with van der Waals surface area (Å²) < 4.78 is 53.9.